The third-order valence-corrected chi connectivity index (χ3v) is 5.11. The van der Waals surface area contributed by atoms with Gasteiger partial charge in [-0.15, -0.1) is 0 Å². The van der Waals surface area contributed by atoms with Crippen molar-refractivity contribution < 1.29 is 22.1 Å². The van der Waals surface area contributed by atoms with Gasteiger partial charge in [0.2, 0.25) is 0 Å². The average molecular weight is 377 g/mol. The zero-order valence-corrected chi connectivity index (χ0v) is 15.9. The Hall–Kier alpha value is -2.09. The predicted molar refractivity (Wildman–Crippen MR) is 99.3 cm³/mol. The Morgan fingerprint density at radius 2 is 1.69 bits per heavy atom. The van der Waals surface area contributed by atoms with Crippen LogP contribution in [0.4, 0.5) is 0 Å². The van der Waals surface area contributed by atoms with Gasteiger partial charge < -0.3 is 14.8 Å². The standard InChI is InChI=1S/C19H23NO5S/c1-23-17-11-14-9-10-20-13-19(25-26(3,21)22,15-7-5-4-6-8-15)16(14)12-18(17)24-2/h4-8,11-12,20H,9-10,13H2,1-3H3. The summed E-state index contributed by atoms with van der Waals surface area (Å²) in [4.78, 5) is 0. The molecule has 2 aromatic rings. The van der Waals surface area contributed by atoms with Crippen LogP contribution in [0.3, 0.4) is 0 Å². The number of nitrogens with one attached hydrogen (secondary N) is 1. The molecule has 0 bridgehead atoms. The van der Waals surface area contributed by atoms with Crippen LogP contribution in [-0.4, -0.2) is 42.0 Å². The van der Waals surface area contributed by atoms with Crippen molar-refractivity contribution in [1.82, 2.24) is 5.32 Å². The molecule has 140 valence electrons. The molecular weight excluding hydrogens is 354 g/mol. The van der Waals surface area contributed by atoms with E-state index in [4.69, 9.17) is 13.7 Å². The van der Waals surface area contributed by atoms with Crippen LogP contribution < -0.4 is 14.8 Å². The molecule has 2 aromatic carbocycles. The van der Waals surface area contributed by atoms with Crippen molar-refractivity contribution in [2.75, 3.05) is 33.6 Å². The summed E-state index contributed by atoms with van der Waals surface area (Å²) in [6.45, 7) is 1.02. The summed E-state index contributed by atoms with van der Waals surface area (Å²) in [7, 11) is -0.600. The van der Waals surface area contributed by atoms with E-state index in [2.05, 4.69) is 5.32 Å². The van der Waals surface area contributed by atoms with Gasteiger partial charge in [0.15, 0.2) is 17.1 Å². The van der Waals surface area contributed by atoms with Crippen molar-refractivity contribution in [3.8, 4) is 11.5 Å². The highest BCUT2D eigenvalue weighted by molar-refractivity contribution is 7.86. The van der Waals surface area contributed by atoms with E-state index in [0.29, 0.717) is 24.6 Å². The lowest BCUT2D eigenvalue weighted by Crippen LogP contribution is -2.42. The Morgan fingerprint density at radius 1 is 1.04 bits per heavy atom. The molecule has 0 aromatic heterocycles. The van der Waals surface area contributed by atoms with E-state index in [1.807, 2.05) is 42.5 Å². The Balaban J connectivity index is 2.31. The fourth-order valence-corrected chi connectivity index (χ4v) is 4.19. The predicted octanol–water partition coefficient (Wildman–Crippen LogP) is 2.07. The third kappa shape index (κ3) is 3.56. The van der Waals surface area contributed by atoms with Crippen LogP contribution in [0, 0.1) is 0 Å². The van der Waals surface area contributed by atoms with Crippen LogP contribution in [0.25, 0.3) is 0 Å². The molecule has 0 saturated heterocycles. The van der Waals surface area contributed by atoms with Gasteiger partial charge in [-0.1, -0.05) is 30.3 Å². The molecule has 1 heterocycles. The molecule has 1 aliphatic heterocycles. The maximum Gasteiger partial charge on any atom is 0.265 e. The van der Waals surface area contributed by atoms with Crippen molar-refractivity contribution in [1.29, 1.82) is 0 Å². The minimum absolute atomic E-state index is 0.326. The van der Waals surface area contributed by atoms with Crippen LogP contribution in [0.2, 0.25) is 0 Å². The van der Waals surface area contributed by atoms with Crippen molar-refractivity contribution in [2.45, 2.75) is 12.0 Å². The van der Waals surface area contributed by atoms with Crippen LogP contribution in [-0.2, 0) is 26.3 Å². The first-order valence-corrected chi connectivity index (χ1v) is 10.1. The summed E-state index contributed by atoms with van der Waals surface area (Å²) in [5, 5.41) is 3.31. The second-order valence-electron chi connectivity index (χ2n) is 6.27. The van der Waals surface area contributed by atoms with Gasteiger partial charge in [0.05, 0.1) is 20.5 Å². The summed E-state index contributed by atoms with van der Waals surface area (Å²) in [5.74, 6) is 1.14. The zero-order valence-electron chi connectivity index (χ0n) is 15.1. The number of ether oxygens (including phenoxy) is 2. The fourth-order valence-electron chi connectivity index (χ4n) is 3.43. The smallest absolute Gasteiger partial charge is 0.265 e. The second-order valence-corrected chi connectivity index (χ2v) is 7.85. The van der Waals surface area contributed by atoms with E-state index >= 15 is 0 Å². The molecule has 0 amide bonds. The number of hydrogen-bond donors (Lipinski definition) is 1. The van der Waals surface area contributed by atoms with E-state index < -0.39 is 15.7 Å². The van der Waals surface area contributed by atoms with Gasteiger partial charge in [-0.2, -0.15) is 8.42 Å². The topological polar surface area (TPSA) is 73.9 Å². The molecule has 1 aliphatic rings. The number of hydrogen-bond acceptors (Lipinski definition) is 6. The van der Waals surface area contributed by atoms with Crippen LogP contribution in [0.1, 0.15) is 16.7 Å². The van der Waals surface area contributed by atoms with Crippen LogP contribution in [0.15, 0.2) is 42.5 Å². The van der Waals surface area contributed by atoms with Gasteiger partial charge in [0.25, 0.3) is 10.1 Å². The number of rotatable bonds is 5. The molecule has 0 saturated carbocycles. The molecule has 6 nitrogen and oxygen atoms in total. The van der Waals surface area contributed by atoms with E-state index in [9.17, 15) is 8.42 Å². The van der Waals surface area contributed by atoms with E-state index in [1.165, 1.54) is 0 Å². The monoisotopic (exact) mass is 377 g/mol. The fraction of sp³-hybridized carbons (Fsp3) is 0.368. The number of fused-ring (bicyclic) bond motifs is 1. The van der Waals surface area contributed by atoms with Gasteiger partial charge in [0.1, 0.15) is 0 Å². The summed E-state index contributed by atoms with van der Waals surface area (Å²) in [6, 6.07) is 13.1. The number of benzene rings is 2. The summed E-state index contributed by atoms with van der Waals surface area (Å²) in [6.07, 6.45) is 1.79. The van der Waals surface area contributed by atoms with Gasteiger partial charge in [-0.05, 0) is 41.8 Å². The summed E-state index contributed by atoms with van der Waals surface area (Å²) in [5.41, 5.74) is 1.30. The van der Waals surface area contributed by atoms with Crippen molar-refractivity contribution in [2.24, 2.45) is 0 Å². The molecule has 3 rings (SSSR count). The highest BCUT2D eigenvalue weighted by Gasteiger charge is 2.42. The van der Waals surface area contributed by atoms with Crippen molar-refractivity contribution >= 4 is 10.1 Å². The van der Waals surface area contributed by atoms with E-state index in [0.717, 1.165) is 29.4 Å². The Labute approximate surface area is 154 Å². The average Bonchev–Trinajstić information content (AvgIpc) is 2.80. The highest BCUT2D eigenvalue weighted by atomic mass is 32.2. The molecule has 0 radical (unpaired) electrons. The minimum Gasteiger partial charge on any atom is -0.493 e. The molecule has 0 spiro atoms. The highest BCUT2D eigenvalue weighted by Crippen LogP contribution is 2.42. The summed E-state index contributed by atoms with van der Waals surface area (Å²) >= 11 is 0. The van der Waals surface area contributed by atoms with E-state index in [-0.39, 0.29) is 0 Å². The van der Waals surface area contributed by atoms with Gasteiger partial charge >= 0.3 is 0 Å². The third-order valence-electron chi connectivity index (χ3n) is 4.52. The Bertz CT molecular complexity index is 882. The maximum absolute atomic E-state index is 12.2. The molecule has 7 heteroatoms. The molecule has 26 heavy (non-hydrogen) atoms. The molecular formula is C19H23NO5S. The zero-order chi connectivity index (χ0) is 18.8. The molecule has 1 unspecified atom stereocenters. The second kappa shape index (κ2) is 7.26. The SMILES string of the molecule is COc1cc2c(cc1OC)C(OS(C)(=O)=O)(c1ccccc1)CNCC2. The number of methoxy groups -OCH3 is 2. The molecule has 1 N–H and O–H groups in total. The molecule has 0 aliphatic carbocycles. The van der Waals surface area contributed by atoms with Crippen molar-refractivity contribution in [3.05, 3.63) is 59.2 Å². The van der Waals surface area contributed by atoms with Gasteiger partial charge in [-0.3, -0.25) is 4.18 Å². The lowest BCUT2D eigenvalue weighted by Gasteiger charge is -2.34. The minimum atomic E-state index is -3.74. The molecule has 1 atom stereocenters. The maximum atomic E-state index is 12.2. The van der Waals surface area contributed by atoms with Crippen LogP contribution in [0.5, 0.6) is 11.5 Å². The largest absolute Gasteiger partial charge is 0.493 e. The lowest BCUT2D eigenvalue weighted by molar-refractivity contribution is 0.121. The lowest BCUT2D eigenvalue weighted by atomic mass is 9.83. The Morgan fingerprint density at radius 3 is 2.31 bits per heavy atom. The Kier molecular flexibility index (Phi) is 5.22. The van der Waals surface area contributed by atoms with Crippen molar-refractivity contribution in [3.63, 3.8) is 0 Å². The first kappa shape index (κ1) is 18.7. The van der Waals surface area contributed by atoms with Crippen LogP contribution >= 0.6 is 0 Å². The first-order chi connectivity index (χ1) is 12.4. The van der Waals surface area contributed by atoms with Gasteiger partial charge in [-0.25, -0.2) is 0 Å². The summed E-state index contributed by atoms with van der Waals surface area (Å²) < 4.78 is 41.0. The van der Waals surface area contributed by atoms with E-state index in [1.54, 1.807) is 14.2 Å². The normalized spacial score (nSPS) is 20.1. The molecule has 0 fully saturated rings. The van der Waals surface area contributed by atoms with Gasteiger partial charge in [0, 0.05) is 6.54 Å². The quantitative estimate of drug-likeness (QED) is 0.804. The first-order valence-electron chi connectivity index (χ1n) is 8.32.